The Labute approximate surface area is 123 Å². The number of hydrogen-bond acceptors (Lipinski definition) is 4. The van der Waals surface area contributed by atoms with E-state index in [2.05, 4.69) is 26.2 Å². The largest absolute Gasteiger partial charge is 0.378 e. The Morgan fingerprint density at radius 1 is 1.20 bits per heavy atom. The molecule has 0 unspecified atom stereocenters. The summed E-state index contributed by atoms with van der Waals surface area (Å²) in [5, 5.41) is 2.09. The van der Waals surface area contributed by atoms with Crippen LogP contribution in [0.4, 0.5) is 14.0 Å². The molecule has 0 aliphatic heterocycles. The van der Waals surface area contributed by atoms with Gasteiger partial charge in [-0.2, -0.15) is 8.42 Å². The van der Waals surface area contributed by atoms with Crippen molar-refractivity contribution in [3.8, 4) is 0 Å². The number of nitrogens with one attached hydrogen (secondary N) is 1. The molecule has 0 fully saturated rings. The molecule has 2 aromatic rings. The molecule has 4 nitrogen and oxygen atoms in total. The molecule has 8 heteroatoms. The number of halogens is 3. The summed E-state index contributed by atoms with van der Waals surface area (Å²) in [6, 6.07) is 7.12. The molecule has 0 bridgehead atoms. The molecular formula is C12H9BrF2N2O2S. The van der Waals surface area contributed by atoms with E-state index in [0.717, 1.165) is 0 Å². The molecule has 2 rings (SSSR count). The highest BCUT2D eigenvalue weighted by molar-refractivity contribution is 9.10. The molecular weight excluding hydrogens is 354 g/mol. The Morgan fingerprint density at radius 2 is 1.85 bits per heavy atom. The second-order valence-corrected chi connectivity index (χ2v) is 6.01. The van der Waals surface area contributed by atoms with E-state index in [1.54, 1.807) is 0 Å². The number of hydrogen-bond donors (Lipinski definition) is 1. The molecule has 0 saturated heterocycles. The van der Waals surface area contributed by atoms with Gasteiger partial charge in [0.2, 0.25) is 5.03 Å². The lowest BCUT2D eigenvalue weighted by Crippen LogP contribution is -2.07. The van der Waals surface area contributed by atoms with Gasteiger partial charge in [0.05, 0.1) is 5.69 Å². The monoisotopic (exact) mass is 362 g/mol. The fourth-order valence-corrected chi connectivity index (χ4v) is 2.75. The van der Waals surface area contributed by atoms with Gasteiger partial charge < -0.3 is 5.32 Å². The SMILES string of the molecule is O=S(=O)(F)c1nccc(Br)c1NCc1ccc(F)cc1. The predicted molar refractivity (Wildman–Crippen MR) is 74.0 cm³/mol. The first-order chi connectivity index (χ1) is 9.38. The van der Waals surface area contributed by atoms with Gasteiger partial charge in [0, 0.05) is 17.2 Å². The first kappa shape index (κ1) is 14.9. The molecule has 1 aromatic heterocycles. The van der Waals surface area contributed by atoms with Crippen LogP contribution in [0.1, 0.15) is 5.56 Å². The van der Waals surface area contributed by atoms with Crippen LogP contribution in [0, 0.1) is 5.82 Å². The van der Waals surface area contributed by atoms with Crippen molar-refractivity contribution < 1.29 is 16.7 Å². The average Bonchev–Trinajstić information content (AvgIpc) is 2.38. The number of anilines is 1. The van der Waals surface area contributed by atoms with Gasteiger partial charge in [0.15, 0.2) is 0 Å². The van der Waals surface area contributed by atoms with Crippen molar-refractivity contribution >= 4 is 31.8 Å². The smallest absolute Gasteiger partial charge is 0.351 e. The second kappa shape index (κ2) is 5.84. The van der Waals surface area contributed by atoms with E-state index in [4.69, 9.17) is 0 Å². The highest BCUT2D eigenvalue weighted by Gasteiger charge is 2.21. The van der Waals surface area contributed by atoms with Crippen LogP contribution in [0.3, 0.4) is 0 Å². The molecule has 1 N–H and O–H groups in total. The standard InChI is InChI=1S/C12H9BrF2N2O2S/c13-10-5-6-16-12(20(15,18)19)11(10)17-7-8-1-3-9(14)4-2-8/h1-6,17H,7H2. The molecule has 1 aromatic carbocycles. The summed E-state index contributed by atoms with van der Waals surface area (Å²) in [6.07, 6.45) is 1.18. The summed E-state index contributed by atoms with van der Waals surface area (Å²) in [6.45, 7) is 0.201. The number of benzene rings is 1. The van der Waals surface area contributed by atoms with Crippen molar-refractivity contribution in [1.82, 2.24) is 4.98 Å². The molecule has 0 saturated carbocycles. The van der Waals surface area contributed by atoms with Crippen molar-refractivity contribution in [2.45, 2.75) is 11.6 Å². The Balaban J connectivity index is 2.27. The van der Waals surface area contributed by atoms with Crippen LogP contribution in [-0.2, 0) is 16.8 Å². The molecule has 0 radical (unpaired) electrons. The fraction of sp³-hybridized carbons (Fsp3) is 0.0833. The third-order valence-electron chi connectivity index (χ3n) is 2.48. The number of rotatable bonds is 4. The van der Waals surface area contributed by atoms with Crippen molar-refractivity contribution in [2.24, 2.45) is 0 Å². The third kappa shape index (κ3) is 3.51. The topological polar surface area (TPSA) is 59.1 Å². The van der Waals surface area contributed by atoms with Crippen molar-refractivity contribution in [3.05, 3.63) is 52.4 Å². The van der Waals surface area contributed by atoms with Crippen LogP contribution in [0.25, 0.3) is 0 Å². The van der Waals surface area contributed by atoms with Crippen molar-refractivity contribution in [3.63, 3.8) is 0 Å². The van der Waals surface area contributed by atoms with E-state index in [9.17, 15) is 16.7 Å². The van der Waals surface area contributed by atoms with Gasteiger partial charge in [0.1, 0.15) is 5.82 Å². The maximum absolute atomic E-state index is 13.1. The van der Waals surface area contributed by atoms with Crippen LogP contribution in [-0.4, -0.2) is 13.4 Å². The van der Waals surface area contributed by atoms with Gasteiger partial charge >= 0.3 is 10.2 Å². The van der Waals surface area contributed by atoms with Gasteiger partial charge in [-0.15, -0.1) is 0 Å². The van der Waals surface area contributed by atoms with Crippen LogP contribution in [0.5, 0.6) is 0 Å². The summed E-state index contributed by atoms with van der Waals surface area (Å²) in [4.78, 5) is 3.52. The quantitative estimate of drug-likeness (QED) is 0.848. The summed E-state index contributed by atoms with van der Waals surface area (Å²) in [7, 11) is -4.93. The third-order valence-corrected chi connectivity index (χ3v) is 3.91. The van der Waals surface area contributed by atoms with E-state index >= 15 is 0 Å². The van der Waals surface area contributed by atoms with Crippen LogP contribution >= 0.6 is 15.9 Å². The van der Waals surface area contributed by atoms with Gasteiger partial charge in [-0.3, -0.25) is 0 Å². The molecule has 1 heterocycles. The van der Waals surface area contributed by atoms with Gasteiger partial charge in [0.25, 0.3) is 0 Å². The van der Waals surface area contributed by atoms with E-state index in [0.29, 0.717) is 10.0 Å². The Bertz CT molecular complexity index is 721. The van der Waals surface area contributed by atoms with E-state index in [1.807, 2.05) is 0 Å². The molecule has 0 aliphatic carbocycles. The van der Waals surface area contributed by atoms with Crippen LogP contribution < -0.4 is 5.32 Å². The molecule has 0 atom stereocenters. The lowest BCUT2D eigenvalue weighted by Gasteiger charge is -2.10. The second-order valence-electron chi connectivity index (χ2n) is 3.89. The van der Waals surface area contributed by atoms with Crippen LogP contribution in [0.15, 0.2) is 46.0 Å². The Morgan fingerprint density at radius 3 is 2.45 bits per heavy atom. The van der Waals surface area contributed by atoms with E-state index in [1.165, 1.54) is 36.5 Å². The molecule has 0 spiro atoms. The highest BCUT2D eigenvalue weighted by Crippen LogP contribution is 2.29. The van der Waals surface area contributed by atoms with Crippen molar-refractivity contribution in [1.29, 1.82) is 0 Å². The number of aromatic nitrogens is 1. The number of pyridine rings is 1. The predicted octanol–water partition coefficient (Wildman–Crippen LogP) is 3.25. The van der Waals surface area contributed by atoms with Gasteiger partial charge in [-0.1, -0.05) is 16.0 Å². The normalized spacial score (nSPS) is 11.3. The first-order valence-electron chi connectivity index (χ1n) is 5.45. The Kier molecular flexibility index (Phi) is 4.34. The minimum absolute atomic E-state index is 0.0272. The summed E-state index contributed by atoms with van der Waals surface area (Å²) in [5.41, 5.74) is 0.740. The lowest BCUT2D eigenvalue weighted by molar-refractivity contribution is 0.548. The maximum atomic E-state index is 13.1. The van der Waals surface area contributed by atoms with E-state index < -0.39 is 15.2 Å². The summed E-state index contributed by atoms with van der Waals surface area (Å²) < 4.78 is 48.3. The molecule has 0 aliphatic rings. The summed E-state index contributed by atoms with van der Waals surface area (Å²) in [5.74, 6) is -0.372. The van der Waals surface area contributed by atoms with Crippen LogP contribution in [0.2, 0.25) is 0 Å². The minimum atomic E-state index is -4.93. The molecule has 0 amide bonds. The zero-order valence-corrected chi connectivity index (χ0v) is 12.4. The molecule has 20 heavy (non-hydrogen) atoms. The minimum Gasteiger partial charge on any atom is -0.378 e. The maximum Gasteiger partial charge on any atom is 0.351 e. The zero-order valence-electron chi connectivity index (χ0n) is 9.98. The average molecular weight is 363 g/mol. The lowest BCUT2D eigenvalue weighted by atomic mass is 10.2. The zero-order chi connectivity index (χ0) is 14.8. The first-order valence-corrected chi connectivity index (χ1v) is 7.63. The molecule has 106 valence electrons. The Hall–Kier alpha value is -1.54. The number of nitrogens with zero attached hydrogens (tertiary/aromatic N) is 1. The fourth-order valence-electron chi connectivity index (χ4n) is 1.56. The van der Waals surface area contributed by atoms with Gasteiger partial charge in [-0.05, 0) is 39.7 Å². The van der Waals surface area contributed by atoms with E-state index in [-0.39, 0.29) is 18.0 Å². The summed E-state index contributed by atoms with van der Waals surface area (Å²) >= 11 is 3.13. The highest BCUT2D eigenvalue weighted by atomic mass is 79.9. The van der Waals surface area contributed by atoms with Crippen molar-refractivity contribution in [2.75, 3.05) is 5.32 Å². The van der Waals surface area contributed by atoms with Gasteiger partial charge in [-0.25, -0.2) is 9.37 Å².